The average molecular weight is 446 g/mol. The Kier molecular flexibility index (Phi) is 5.26. The van der Waals surface area contributed by atoms with Crippen LogP contribution in [0.1, 0.15) is 6.92 Å². The number of anilines is 2. The first-order chi connectivity index (χ1) is 13.4. The second-order valence-electron chi connectivity index (χ2n) is 6.38. The number of sulfonamides is 2. The molecule has 0 saturated carbocycles. The van der Waals surface area contributed by atoms with E-state index in [1.807, 2.05) is 4.72 Å². The molecule has 1 aliphatic heterocycles. The van der Waals surface area contributed by atoms with Gasteiger partial charge in [0.1, 0.15) is 22.3 Å². The van der Waals surface area contributed by atoms with Crippen molar-refractivity contribution in [1.29, 1.82) is 0 Å². The van der Waals surface area contributed by atoms with Crippen LogP contribution in [0.3, 0.4) is 0 Å². The highest BCUT2D eigenvalue weighted by atomic mass is 32.2. The zero-order valence-corrected chi connectivity index (χ0v) is 16.9. The number of ether oxygens (including phenoxy) is 1. The standard InChI is InChI=1S/C17H16F2N2O6S2/c1-10-9-28(23,24)21(17(10)22)14-3-4-15(27-2)16(8-14)29(25,26)20-13-6-11(18)5-12(19)7-13/h3-8,10,20H,9H2,1-2H3. The van der Waals surface area contributed by atoms with Crippen molar-refractivity contribution >= 4 is 37.3 Å². The number of carbonyl (C=O) groups excluding carboxylic acids is 1. The van der Waals surface area contributed by atoms with Gasteiger partial charge in [-0.1, -0.05) is 6.92 Å². The molecule has 29 heavy (non-hydrogen) atoms. The van der Waals surface area contributed by atoms with Gasteiger partial charge in [0, 0.05) is 6.07 Å². The Balaban J connectivity index is 2.09. The van der Waals surface area contributed by atoms with E-state index in [0.717, 1.165) is 18.2 Å². The first kappa shape index (κ1) is 21.0. The number of rotatable bonds is 5. The number of halogens is 2. The van der Waals surface area contributed by atoms with Crippen LogP contribution in [0.15, 0.2) is 41.3 Å². The zero-order valence-electron chi connectivity index (χ0n) is 15.2. The van der Waals surface area contributed by atoms with E-state index in [2.05, 4.69) is 0 Å². The second kappa shape index (κ2) is 7.26. The molecule has 0 bridgehead atoms. The summed E-state index contributed by atoms with van der Waals surface area (Å²) in [6.45, 7) is 1.45. The summed E-state index contributed by atoms with van der Waals surface area (Å²) in [7, 11) is -7.22. The van der Waals surface area contributed by atoms with E-state index in [1.165, 1.54) is 26.2 Å². The van der Waals surface area contributed by atoms with E-state index in [1.54, 1.807) is 0 Å². The third-order valence-corrected chi connectivity index (χ3v) is 7.42. The summed E-state index contributed by atoms with van der Waals surface area (Å²) in [5, 5.41) is 0. The van der Waals surface area contributed by atoms with Crippen LogP contribution in [-0.4, -0.2) is 35.6 Å². The van der Waals surface area contributed by atoms with Crippen molar-refractivity contribution in [3.8, 4) is 5.75 Å². The lowest BCUT2D eigenvalue weighted by Crippen LogP contribution is -2.30. The van der Waals surface area contributed by atoms with Crippen LogP contribution in [0.25, 0.3) is 0 Å². The largest absolute Gasteiger partial charge is 0.495 e. The Morgan fingerprint density at radius 3 is 2.28 bits per heavy atom. The number of benzene rings is 2. The monoisotopic (exact) mass is 446 g/mol. The Labute approximate surface area is 166 Å². The van der Waals surface area contributed by atoms with Gasteiger partial charge in [0.15, 0.2) is 0 Å². The molecule has 0 radical (unpaired) electrons. The molecule has 1 unspecified atom stereocenters. The van der Waals surface area contributed by atoms with Crippen molar-refractivity contribution in [2.24, 2.45) is 5.92 Å². The lowest BCUT2D eigenvalue weighted by atomic mass is 10.2. The first-order valence-corrected chi connectivity index (χ1v) is 11.3. The van der Waals surface area contributed by atoms with E-state index in [0.29, 0.717) is 10.4 Å². The first-order valence-electron chi connectivity index (χ1n) is 8.18. The van der Waals surface area contributed by atoms with Gasteiger partial charge in [-0.3, -0.25) is 9.52 Å². The molecule has 0 aliphatic carbocycles. The molecule has 1 aliphatic rings. The predicted octanol–water partition coefficient (Wildman–Crippen LogP) is 2.09. The van der Waals surface area contributed by atoms with Crippen LogP contribution in [0.5, 0.6) is 5.75 Å². The maximum atomic E-state index is 13.4. The van der Waals surface area contributed by atoms with Gasteiger partial charge in [0.25, 0.3) is 10.0 Å². The molecule has 1 atom stereocenters. The quantitative estimate of drug-likeness (QED) is 0.753. The molecule has 0 spiro atoms. The van der Waals surface area contributed by atoms with Gasteiger partial charge in [0.05, 0.1) is 30.2 Å². The Bertz CT molecular complexity index is 1180. The minimum atomic E-state index is -4.45. The van der Waals surface area contributed by atoms with E-state index < -0.39 is 54.2 Å². The highest BCUT2D eigenvalue weighted by Crippen LogP contribution is 2.34. The number of amides is 1. The van der Waals surface area contributed by atoms with Gasteiger partial charge >= 0.3 is 0 Å². The third kappa shape index (κ3) is 4.03. The number of hydrogen-bond acceptors (Lipinski definition) is 6. The van der Waals surface area contributed by atoms with Crippen molar-refractivity contribution in [2.45, 2.75) is 11.8 Å². The Morgan fingerprint density at radius 1 is 1.14 bits per heavy atom. The molecule has 1 N–H and O–H groups in total. The van der Waals surface area contributed by atoms with Gasteiger partial charge in [0.2, 0.25) is 15.9 Å². The topological polar surface area (TPSA) is 110 Å². The Hall–Kier alpha value is -2.73. The van der Waals surface area contributed by atoms with Gasteiger partial charge in [-0.2, -0.15) is 0 Å². The number of carbonyl (C=O) groups is 1. The number of nitrogens with zero attached hydrogens (tertiary/aromatic N) is 1. The predicted molar refractivity (Wildman–Crippen MR) is 101 cm³/mol. The number of hydrogen-bond donors (Lipinski definition) is 1. The summed E-state index contributed by atoms with van der Waals surface area (Å²) in [5.74, 6) is -4.03. The van der Waals surface area contributed by atoms with Crippen LogP contribution in [-0.2, 0) is 24.8 Å². The van der Waals surface area contributed by atoms with Crippen molar-refractivity contribution in [1.82, 2.24) is 0 Å². The lowest BCUT2D eigenvalue weighted by Gasteiger charge is -2.18. The van der Waals surface area contributed by atoms with Crippen molar-refractivity contribution in [2.75, 3.05) is 21.9 Å². The van der Waals surface area contributed by atoms with Gasteiger partial charge in [-0.05, 0) is 30.3 Å². The molecule has 0 aromatic heterocycles. The molecule has 1 saturated heterocycles. The fourth-order valence-electron chi connectivity index (χ4n) is 2.91. The molecule has 2 aromatic carbocycles. The van der Waals surface area contributed by atoms with Gasteiger partial charge in [-0.25, -0.2) is 29.9 Å². The van der Waals surface area contributed by atoms with Crippen molar-refractivity contribution < 1.29 is 35.1 Å². The molecule has 3 rings (SSSR count). The minimum absolute atomic E-state index is 0.157. The molecule has 1 amide bonds. The smallest absolute Gasteiger partial charge is 0.265 e. The molecule has 1 heterocycles. The maximum Gasteiger partial charge on any atom is 0.265 e. The van der Waals surface area contributed by atoms with Crippen LogP contribution >= 0.6 is 0 Å². The summed E-state index contributed by atoms with van der Waals surface area (Å²) >= 11 is 0. The molecular formula is C17H16F2N2O6S2. The summed E-state index contributed by atoms with van der Waals surface area (Å²) in [6.07, 6.45) is 0. The zero-order chi connectivity index (χ0) is 21.6. The second-order valence-corrected chi connectivity index (χ2v) is 9.89. The molecular weight excluding hydrogens is 430 g/mol. The summed E-state index contributed by atoms with van der Waals surface area (Å²) in [5.41, 5.74) is -0.570. The average Bonchev–Trinajstić information content (AvgIpc) is 2.80. The van der Waals surface area contributed by atoms with Crippen molar-refractivity contribution in [3.05, 3.63) is 48.0 Å². The normalized spacial score (nSPS) is 18.7. The van der Waals surface area contributed by atoms with E-state index >= 15 is 0 Å². The highest BCUT2D eigenvalue weighted by Gasteiger charge is 2.42. The SMILES string of the molecule is COc1ccc(N2C(=O)C(C)CS2(=O)=O)cc1S(=O)(=O)Nc1cc(F)cc(F)c1. The molecule has 1 fully saturated rings. The third-order valence-electron chi connectivity index (χ3n) is 4.15. The fraction of sp³-hybridized carbons (Fsp3) is 0.235. The molecule has 2 aromatic rings. The van der Waals surface area contributed by atoms with Crippen LogP contribution in [0.2, 0.25) is 0 Å². The molecule has 156 valence electrons. The van der Waals surface area contributed by atoms with Gasteiger partial charge < -0.3 is 4.74 Å². The minimum Gasteiger partial charge on any atom is -0.495 e. The highest BCUT2D eigenvalue weighted by molar-refractivity contribution is 7.94. The van der Waals surface area contributed by atoms with E-state index in [-0.39, 0.29) is 17.1 Å². The van der Waals surface area contributed by atoms with Crippen molar-refractivity contribution in [3.63, 3.8) is 0 Å². The summed E-state index contributed by atoms with van der Waals surface area (Å²) in [6, 6.07) is 5.48. The molecule has 8 nitrogen and oxygen atoms in total. The summed E-state index contributed by atoms with van der Waals surface area (Å²) < 4.78 is 84.5. The van der Waals surface area contributed by atoms with Crippen LogP contribution < -0.4 is 13.8 Å². The summed E-state index contributed by atoms with van der Waals surface area (Å²) in [4.78, 5) is 11.8. The number of nitrogens with one attached hydrogen (secondary N) is 1. The van der Waals surface area contributed by atoms with Gasteiger partial charge in [-0.15, -0.1) is 0 Å². The van der Waals surface area contributed by atoms with Crippen LogP contribution in [0.4, 0.5) is 20.2 Å². The lowest BCUT2D eigenvalue weighted by molar-refractivity contribution is -0.119. The fourth-order valence-corrected chi connectivity index (χ4v) is 5.95. The number of methoxy groups -OCH3 is 1. The molecule has 12 heteroatoms. The van der Waals surface area contributed by atoms with Crippen LogP contribution in [0, 0.1) is 17.6 Å². The van der Waals surface area contributed by atoms with E-state index in [9.17, 15) is 30.4 Å². The Morgan fingerprint density at radius 2 is 1.76 bits per heavy atom. The maximum absolute atomic E-state index is 13.4. The van der Waals surface area contributed by atoms with E-state index in [4.69, 9.17) is 4.74 Å².